The van der Waals surface area contributed by atoms with Gasteiger partial charge < -0.3 is 0 Å². The van der Waals surface area contributed by atoms with Crippen LogP contribution in [0.5, 0.6) is 0 Å². The molecular formula is C26H29NS. The van der Waals surface area contributed by atoms with Crippen LogP contribution < -0.4 is 0 Å². The van der Waals surface area contributed by atoms with Crippen molar-refractivity contribution in [2.75, 3.05) is 18.8 Å². The van der Waals surface area contributed by atoms with Crippen LogP contribution in [0.3, 0.4) is 0 Å². The van der Waals surface area contributed by atoms with Crippen molar-refractivity contribution >= 4 is 10.0 Å². The van der Waals surface area contributed by atoms with E-state index < -0.39 is 10.0 Å². The Labute approximate surface area is 171 Å². The van der Waals surface area contributed by atoms with Crippen LogP contribution in [0.1, 0.15) is 22.7 Å². The first-order chi connectivity index (χ1) is 13.5. The first-order valence-electron chi connectivity index (χ1n) is 9.59. The molecule has 0 saturated heterocycles. The maximum absolute atomic E-state index is 3.63. The highest BCUT2D eigenvalue weighted by atomic mass is 32.3. The summed E-state index contributed by atoms with van der Waals surface area (Å²) in [5.41, 5.74) is 3.87. The van der Waals surface area contributed by atoms with Gasteiger partial charge in [-0.2, -0.15) is 10.0 Å². The van der Waals surface area contributed by atoms with Crippen LogP contribution in [0.4, 0.5) is 0 Å². The second-order valence-corrected chi connectivity index (χ2v) is 11.7. The largest absolute Gasteiger partial charge is 0.277 e. The van der Waals surface area contributed by atoms with Gasteiger partial charge in [-0.15, -0.1) is 0 Å². The van der Waals surface area contributed by atoms with Crippen molar-refractivity contribution in [1.82, 2.24) is 4.90 Å². The van der Waals surface area contributed by atoms with Gasteiger partial charge in [-0.1, -0.05) is 102 Å². The van der Waals surface area contributed by atoms with E-state index in [1.165, 1.54) is 16.7 Å². The van der Waals surface area contributed by atoms with Gasteiger partial charge in [0.1, 0.15) is 0 Å². The minimum atomic E-state index is -0.894. The molecule has 0 heterocycles. The quantitative estimate of drug-likeness (QED) is 0.463. The zero-order valence-corrected chi connectivity index (χ0v) is 17.8. The Hall–Kier alpha value is -2.47. The molecule has 0 saturated carbocycles. The minimum Gasteiger partial charge on any atom is -0.277 e. The fraction of sp³-hybridized carbons (Fsp3) is 0.231. The Balaban J connectivity index is 2.00. The molecule has 0 N–H and O–H groups in total. The summed E-state index contributed by atoms with van der Waals surface area (Å²) in [7, 11) is -0.894. The molecule has 3 aromatic rings. The topological polar surface area (TPSA) is 3.24 Å². The van der Waals surface area contributed by atoms with Crippen molar-refractivity contribution in [3.05, 3.63) is 108 Å². The first kappa shape index (κ1) is 20.3. The number of hydrogen-bond acceptors (Lipinski definition) is 1. The minimum absolute atomic E-state index is 0.0633. The summed E-state index contributed by atoms with van der Waals surface area (Å²) in [4.78, 5) is 2.48. The number of benzene rings is 3. The first-order valence-corrected chi connectivity index (χ1v) is 12.4. The number of rotatable bonds is 6. The molecule has 0 bridgehead atoms. The molecule has 28 heavy (non-hydrogen) atoms. The number of hydrogen-bond donors (Lipinski definition) is 0. The summed E-state index contributed by atoms with van der Waals surface area (Å²) >= 11 is 0. The summed E-state index contributed by atoms with van der Waals surface area (Å²) < 4.78 is 0. The average molecular weight is 388 g/mol. The average Bonchev–Trinajstić information content (AvgIpc) is 2.69. The molecule has 0 fully saturated rings. The Morgan fingerprint density at radius 1 is 0.679 bits per heavy atom. The van der Waals surface area contributed by atoms with Crippen LogP contribution in [0, 0.1) is 11.2 Å². The molecule has 0 aliphatic heterocycles. The summed E-state index contributed by atoms with van der Waals surface area (Å²) in [6, 6.07) is 32.1. The molecule has 144 valence electrons. The fourth-order valence-corrected chi connectivity index (χ4v) is 3.59. The highest BCUT2D eigenvalue weighted by molar-refractivity contribution is 8.35. The second kappa shape index (κ2) is 9.64. The molecule has 0 aliphatic carbocycles. The second-order valence-electron chi connectivity index (χ2n) is 7.77. The van der Waals surface area contributed by atoms with Crippen molar-refractivity contribution in [2.24, 2.45) is 0 Å². The molecule has 0 unspecified atom stereocenters. The summed E-state index contributed by atoms with van der Waals surface area (Å²) in [5, 5.41) is 3.56. The highest BCUT2D eigenvalue weighted by Crippen LogP contribution is 2.34. The van der Waals surface area contributed by atoms with Gasteiger partial charge in [0.15, 0.2) is 0 Å². The molecule has 1 atom stereocenters. The van der Waals surface area contributed by atoms with Gasteiger partial charge in [0.25, 0.3) is 0 Å². The fourth-order valence-electron chi connectivity index (χ4n) is 3.13. The van der Waals surface area contributed by atoms with E-state index >= 15 is 0 Å². The molecule has 0 aliphatic rings. The maximum atomic E-state index is 3.63. The number of nitrogens with zero attached hydrogens (tertiary/aromatic N) is 1. The van der Waals surface area contributed by atoms with Gasteiger partial charge in [0.2, 0.25) is 0 Å². The third-order valence-electron chi connectivity index (χ3n) is 4.44. The van der Waals surface area contributed by atoms with Crippen molar-refractivity contribution in [3.8, 4) is 11.2 Å². The lowest BCUT2D eigenvalue weighted by Crippen LogP contribution is -2.27. The summed E-state index contributed by atoms with van der Waals surface area (Å²) in [5.74, 6) is 3.63. The van der Waals surface area contributed by atoms with Gasteiger partial charge in [0.05, 0.1) is 6.04 Å². The molecule has 3 rings (SSSR count). The SMILES string of the molecule is CS(C)(C)C#C[C@@H](c1ccccc1)N(Cc1ccccc1)Cc1ccccc1. The van der Waals surface area contributed by atoms with E-state index in [9.17, 15) is 0 Å². The van der Waals surface area contributed by atoms with E-state index in [4.69, 9.17) is 0 Å². The van der Waals surface area contributed by atoms with Crippen LogP contribution in [0.2, 0.25) is 0 Å². The normalized spacial score (nSPS) is 12.9. The van der Waals surface area contributed by atoms with Crippen molar-refractivity contribution in [3.63, 3.8) is 0 Å². The third-order valence-corrected chi connectivity index (χ3v) is 5.17. The van der Waals surface area contributed by atoms with Crippen molar-refractivity contribution in [2.45, 2.75) is 19.1 Å². The lowest BCUT2D eigenvalue weighted by atomic mass is 10.0. The predicted octanol–water partition coefficient (Wildman–Crippen LogP) is 6.09. The summed E-state index contributed by atoms with van der Waals surface area (Å²) in [6.07, 6.45) is 6.75. The lowest BCUT2D eigenvalue weighted by Gasteiger charge is -2.29. The van der Waals surface area contributed by atoms with Gasteiger partial charge in [-0.25, -0.2) is 0 Å². The lowest BCUT2D eigenvalue weighted by molar-refractivity contribution is 0.219. The van der Waals surface area contributed by atoms with E-state index in [0.29, 0.717) is 0 Å². The van der Waals surface area contributed by atoms with Gasteiger partial charge in [-0.05, 0) is 35.5 Å². The molecular weight excluding hydrogens is 358 g/mol. The molecule has 2 heteroatoms. The molecule has 1 nitrogen and oxygen atoms in total. The Bertz CT molecular complexity index is 861. The molecule has 3 aromatic carbocycles. The zero-order chi connectivity index (χ0) is 19.8. The molecule has 0 radical (unpaired) electrons. The third kappa shape index (κ3) is 6.30. The molecule has 0 amide bonds. The van der Waals surface area contributed by atoms with Crippen LogP contribution >= 0.6 is 10.0 Å². The van der Waals surface area contributed by atoms with Crippen molar-refractivity contribution in [1.29, 1.82) is 0 Å². The van der Waals surface area contributed by atoms with Gasteiger partial charge in [-0.3, -0.25) is 4.90 Å². The summed E-state index contributed by atoms with van der Waals surface area (Å²) in [6.45, 7) is 1.73. The predicted molar refractivity (Wildman–Crippen MR) is 124 cm³/mol. The van der Waals surface area contributed by atoms with E-state index in [1.807, 2.05) is 0 Å². The molecule has 0 aromatic heterocycles. The Morgan fingerprint density at radius 3 is 1.54 bits per heavy atom. The smallest absolute Gasteiger partial charge is 0.0985 e. The Morgan fingerprint density at radius 2 is 1.11 bits per heavy atom. The van der Waals surface area contributed by atoms with Crippen LogP contribution in [0.25, 0.3) is 0 Å². The molecule has 0 spiro atoms. The van der Waals surface area contributed by atoms with Gasteiger partial charge in [0, 0.05) is 13.1 Å². The Kier molecular flexibility index (Phi) is 6.98. The monoisotopic (exact) mass is 387 g/mol. The van der Waals surface area contributed by atoms with Crippen molar-refractivity contribution < 1.29 is 0 Å². The van der Waals surface area contributed by atoms with E-state index in [1.54, 1.807) is 0 Å². The maximum Gasteiger partial charge on any atom is 0.0985 e. The van der Waals surface area contributed by atoms with Crippen LogP contribution in [-0.4, -0.2) is 23.7 Å². The van der Waals surface area contributed by atoms with Crippen LogP contribution in [0.15, 0.2) is 91.0 Å². The van der Waals surface area contributed by atoms with Crippen LogP contribution in [-0.2, 0) is 13.1 Å². The standard InChI is InChI=1S/C26H29NS/c1-28(2,3)20-19-26(25-17-11-6-12-18-25)27(21-23-13-7-4-8-14-23)22-24-15-9-5-10-16-24/h4-18,26H,21-22H2,1-3H3/t26-/m0/s1. The van der Waals surface area contributed by atoms with E-state index in [0.717, 1.165) is 13.1 Å². The van der Waals surface area contributed by atoms with Gasteiger partial charge >= 0.3 is 0 Å². The zero-order valence-electron chi connectivity index (χ0n) is 17.0. The van der Waals surface area contributed by atoms with E-state index in [2.05, 4.69) is 126 Å². The van der Waals surface area contributed by atoms with E-state index in [-0.39, 0.29) is 6.04 Å². The highest BCUT2D eigenvalue weighted by Gasteiger charge is 2.19.